The maximum Gasteiger partial charge on any atom is 0.261 e. The molecule has 0 aromatic heterocycles. The Morgan fingerprint density at radius 2 is 1.86 bits per heavy atom. The summed E-state index contributed by atoms with van der Waals surface area (Å²) in [5.74, 6) is -1.25. The Balaban J connectivity index is 2.29. The maximum absolute atomic E-state index is 13.5. The molecule has 0 bridgehead atoms. The average molecular weight is 328 g/mol. The van der Waals surface area contributed by atoms with Crippen LogP contribution in [0.4, 0.5) is 10.1 Å². The minimum Gasteiger partial charge on any atom is -0.322 e. The molecule has 0 spiro atoms. The number of carbonyl (C=O) groups excluding carboxylic acids is 1. The van der Waals surface area contributed by atoms with E-state index in [1.165, 1.54) is 36.4 Å². The fourth-order valence-corrected chi connectivity index (χ4v) is 2.60. The predicted molar refractivity (Wildman–Crippen MR) is 78.6 cm³/mol. The Bertz CT molecular complexity index is 806. The molecule has 0 heterocycles. The van der Waals surface area contributed by atoms with Crippen molar-refractivity contribution in [1.29, 1.82) is 0 Å². The van der Waals surface area contributed by atoms with Crippen LogP contribution in [0.2, 0.25) is 0 Å². The molecule has 110 valence electrons. The first kappa shape index (κ1) is 15.5. The van der Waals surface area contributed by atoms with Crippen molar-refractivity contribution in [3.63, 3.8) is 0 Å². The van der Waals surface area contributed by atoms with Gasteiger partial charge in [0.25, 0.3) is 15.0 Å². The summed E-state index contributed by atoms with van der Waals surface area (Å²) in [5, 5.41) is 2.53. The van der Waals surface area contributed by atoms with Gasteiger partial charge in [-0.2, -0.15) is 0 Å². The Labute approximate surface area is 126 Å². The van der Waals surface area contributed by atoms with Gasteiger partial charge in [0.05, 0.1) is 10.5 Å². The minimum atomic E-state index is -3.83. The van der Waals surface area contributed by atoms with E-state index in [9.17, 15) is 17.6 Å². The first-order valence-electron chi connectivity index (χ1n) is 5.90. The van der Waals surface area contributed by atoms with Gasteiger partial charge in [-0.3, -0.25) is 4.79 Å². The molecular weight excluding hydrogens is 317 g/mol. The van der Waals surface area contributed by atoms with Gasteiger partial charge in [0.15, 0.2) is 0 Å². The third-order valence-electron chi connectivity index (χ3n) is 2.85. The lowest BCUT2D eigenvalue weighted by Gasteiger charge is -2.09. The molecule has 1 N–H and O–H groups in total. The summed E-state index contributed by atoms with van der Waals surface area (Å²) in [6.45, 7) is 1.61. The monoisotopic (exact) mass is 327 g/mol. The Morgan fingerprint density at radius 3 is 2.43 bits per heavy atom. The molecule has 4 nitrogen and oxygen atoms in total. The van der Waals surface area contributed by atoms with Crippen LogP contribution in [-0.2, 0) is 9.05 Å². The zero-order valence-electron chi connectivity index (χ0n) is 10.9. The standard InChI is InChI=1S/C14H11ClFNO3S/c1-9-8-10(21(15,19)20)6-7-13(9)17-14(18)11-4-2-3-5-12(11)16/h2-8H,1H3,(H,17,18). The van der Waals surface area contributed by atoms with Crippen molar-refractivity contribution < 1.29 is 17.6 Å². The number of hydrogen-bond acceptors (Lipinski definition) is 3. The minimum absolute atomic E-state index is 0.0643. The molecule has 21 heavy (non-hydrogen) atoms. The molecule has 0 unspecified atom stereocenters. The highest BCUT2D eigenvalue weighted by molar-refractivity contribution is 8.13. The van der Waals surface area contributed by atoms with Crippen molar-refractivity contribution >= 4 is 31.3 Å². The lowest BCUT2D eigenvalue weighted by molar-refractivity contribution is 0.102. The molecule has 0 fully saturated rings. The van der Waals surface area contributed by atoms with Crippen LogP contribution in [0.5, 0.6) is 0 Å². The van der Waals surface area contributed by atoms with Gasteiger partial charge in [0, 0.05) is 16.4 Å². The van der Waals surface area contributed by atoms with E-state index >= 15 is 0 Å². The molecule has 2 rings (SSSR count). The molecule has 0 radical (unpaired) electrons. The Hall–Kier alpha value is -1.92. The molecule has 0 saturated heterocycles. The van der Waals surface area contributed by atoms with Crippen LogP contribution in [0.1, 0.15) is 15.9 Å². The number of benzene rings is 2. The second-order valence-electron chi connectivity index (χ2n) is 4.35. The highest BCUT2D eigenvalue weighted by atomic mass is 35.7. The van der Waals surface area contributed by atoms with Crippen LogP contribution in [0, 0.1) is 12.7 Å². The number of carbonyl (C=O) groups is 1. The molecule has 0 aliphatic carbocycles. The molecule has 0 atom stereocenters. The quantitative estimate of drug-likeness (QED) is 0.880. The number of aryl methyl sites for hydroxylation is 1. The van der Waals surface area contributed by atoms with E-state index in [-0.39, 0.29) is 10.5 Å². The van der Waals surface area contributed by atoms with E-state index < -0.39 is 20.8 Å². The van der Waals surface area contributed by atoms with Crippen molar-refractivity contribution in [2.75, 3.05) is 5.32 Å². The largest absolute Gasteiger partial charge is 0.322 e. The maximum atomic E-state index is 13.5. The highest BCUT2D eigenvalue weighted by Gasteiger charge is 2.14. The van der Waals surface area contributed by atoms with E-state index in [4.69, 9.17) is 10.7 Å². The summed E-state index contributed by atoms with van der Waals surface area (Å²) in [6, 6.07) is 9.59. The number of nitrogens with one attached hydrogen (secondary N) is 1. The van der Waals surface area contributed by atoms with Crippen molar-refractivity contribution in [1.82, 2.24) is 0 Å². The number of rotatable bonds is 3. The van der Waals surface area contributed by atoms with E-state index in [0.29, 0.717) is 11.3 Å². The number of amides is 1. The van der Waals surface area contributed by atoms with Crippen molar-refractivity contribution in [3.05, 3.63) is 59.4 Å². The second-order valence-corrected chi connectivity index (χ2v) is 6.91. The third kappa shape index (κ3) is 3.59. The molecule has 2 aromatic carbocycles. The molecular formula is C14H11ClFNO3S. The fraction of sp³-hybridized carbons (Fsp3) is 0.0714. The van der Waals surface area contributed by atoms with Crippen molar-refractivity contribution in [2.24, 2.45) is 0 Å². The number of halogens is 2. The lowest BCUT2D eigenvalue weighted by Crippen LogP contribution is -2.14. The summed E-state index contributed by atoms with van der Waals surface area (Å²) < 4.78 is 35.9. The van der Waals surface area contributed by atoms with Gasteiger partial charge in [0.2, 0.25) is 0 Å². The van der Waals surface area contributed by atoms with Crippen molar-refractivity contribution in [3.8, 4) is 0 Å². The third-order valence-corrected chi connectivity index (χ3v) is 4.20. The molecule has 0 aliphatic rings. The van der Waals surface area contributed by atoms with Crippen molar-refractivity contribution in [2.45, 2.75) is 11.8 Å². The van der Waals surface area contributed by atoms with Gasteiger partial charge >= 0.3 is 0 Å². The summed E-state index contributed by atoms with van der Waals surface area (Å²) in [5.41, 5.74) is 0.791. The summed E-state index contributed by atoms with van der Waals surface area (Å²) >= 11 is 0. The Kier molecular flexibility index (Phi) is 4.29. The summed E-state index contributed by atoms with van der Waals surface area (Å²) in [4.78, 5) is 11.9. The first-order chi connectivity index (χ1) is 9.79. The average Bonchev–Trinajstić information content (AvgIpc) is 2.40. The van der Waals surface area contributed by atoms with Gasteiger partial charge in [-0.25, -0.2) is 12.8 Å². The molecule has 1 amide bonds. The molecule has 0 saturated carbocycles. The van der Waals surface area contributed by atoms with Crippen LogP contribution in [0.15, 0.2) is 47.4 Å². The first-order valence-corrected chi connectivity index (χ1v) is 8.21. The summed E-state index contributed by atoms with van der Waals surface area (Å²) in [6.07, 6.45) is 0. The topological polar surface area (TPSA) is 63.2 Å². The van der Waals surface area contributed by atoms with E-state index in [0.717, 1.165) is 0 Å². The number of hydrogen-bond donors (Lipinski definition) is 1. The molecule has 0 aliphatic heterocycles. The van der Waals surface area contributed by atoms with Crippen LogP contribution in [0.3, 0.4) is 0 Å². The molecule has 2 aromatic rings. The van der Waals surface area contributed by atoms with Gasteiger partial charge < -0.3 is 5.32 Å². The van der Waals surface area contributed by atoms with E-state index in [1.54, 1.807) is 13.0 Å². The smallest absolute Gasteiger partial charge is 0.261 e. The van der Waals surface area contributed by atoms with Gasteiger partial charge in [0.1, 0.15) is 5.82 Å². The van der Waals surface area contributed by atoms with Crippen LogP contribution in [0.25, 0.3) is 0 Å². The number of anilines is 1. The van der Waals surface area contributed by atoms with Gasteiger partial charge in [-0.05, 0) is 42.8 Å². The van der Waals surface area contributed by atoms with Crippen LogP contribution in [-0.4, -0.2) is 14.3 Å². The normalized spacial score (nSPS) is 11.2. The SMILES string of the molecule is Cc1cc(S(=O)(=O)Cl)ccc1NC(=O)c1ccccc1F. The van der Waals surface area contributed by atoms with Gasteiger partial charge in [-0.15, -0.1) is 0 Å². The van der Waals surface area contributed by atoms with Crippen LogP contribution >= 0.6 is 10.7 Å². The summed E-state index contributed by atoms with van der Waals surface area (Å²) in [7, 11) is 1.41. The Morgan fingerprint density at radius 1 is 1.19 bits per heavy atom. The molecule has 7 heteroatoms. The highest BCUT2D eigenvalue weighted by Crippen LogP contribution is 2.22. The van der Waals surface area contributed by atoms with E-state index in [2.05, 4.69) is 5.32 Å². The zero-order valence-corrected chi connectivity index (χ0v) is 12.5. The fourth-order valence-electron chi connectivity index (χ4n) is 1.76. The second kappa shape index (κ2) is 5.83. The lowest BCUT2D eigenvalue weighted by atomic mass is 10.1. The predicted octanol–water partition coefficient (Wildman–Crippen LogP) is 3.31. The van der Waals surface area contributed by atoms with Crippen LogP contribution < -0.4 is 5.32 Å². The van der Waals surface area contributed by atoms with Gasteiger partial charge in [-0.1, -0.05) is 12.1 Å². The zero-order chi connectivity index (χ0) is 15.6. The van der Waals surface area contributed by atoms with E-state index in [1.807, 2.05) is 0 Å².